The van der Waals surface area contributed by atoms with Gasteiger partial charge >= 0.3 is 10.6 Å². The largest absolute Gasteiger partial charge is 0.460 e. The van der Waals surface area contributed by atoms with Crippen molar-refractivity contribution in [3.05, 3.63) is 0 Å². The quantitative estimate of drug-likeness (QED) is 0.420. The Morgan fingerprint density at radius 2 is 1.64 bits per heavy atom. The summed E-state index contributed by atoms with van der Waals surface area (Å²) in [7, 11) is 7.08. The van der Waals surface area contributed by atoms with Crippen LogP contribution in [0.1, 0.15) is 6.92 Å². The van der Waals surface area contributed by atoms with Crippen molar-refractivity contribution in [1.82, 2.24) is 0 Å². The number of hydrogen-bond donors (Lipinski definition) is 0. The highest BCUT2D eigenvalue weighted by atomic mass is 33.8. The first-order chi connectivity index (χ1) is 6.70. The third-order valence-electron chi connectivity index (χ3n) is 0.689. The van der Waals surface area contributed by atoms with E-state index < -0.39 is 0 Å². The summed E-state index contributed by atoms with van der Waals surface area (Å²) >= 11 is 0. The molecule has 0 rings (SSSR count). The van der Waals surface area contributed by atoms with Gasteiger partial charge in [-0.15, -0.1) is 0 Å². The molecule has 82 valence electrons. The zero-order valence-corrected chi connectivity index (χ0v) is 11.5. The minimum absolute atomic E-state index is 0.325. The van der Waals surface area contributed by atoms with Crippen LogP contribution < -0.4 is 0 Å². The number of methoxy groups -OCH3 is 1. The van der Waals surface area contributed by atoms with Gasteiger partial charge in [-0.25, -0.2) is 9.59 Å². The highest BCUT2D eigenvalue weighted by molar-refractivity contribution is 9.37. The second-order valence-electron chi connectivity index (χ2n) is 1.51. The van der Waals surface area contributed by atoms with Crippen LogP contribution in [-0.2, 0) is 9.47 Å². The van der Waals surface area contributed by atoms with Gasteiger partial charge in [0.2, 0.25) is 0 Å². The van der Waals surface area contributed by atoms with Crippen molar-refractivity contribution >= 4 is 61.7 Å². The van der Waals surface area contributed by atoms with Crippen LogP contribution in [0.4, 0.5) is 9.59 Å². The number of rotatable bonds is 5. The molecule has 0 saturated heterocycles. The van der Waals surface area contributed by atoms with Gasteiger partial charge in [-0.2, -0.15) is 0 Å². The van der Waals surface area contributed by atoms with E-state index in [0.717, 1.165) is 21.6 Å². The van der Waals surface area contributed by atoms with Crippen LogP contribution >= 0.6 is 51.1 Å². The molecule has 0 aliphatic carbocycles. The average molecular weight is 292 g/mol. The lowest BCUT2D eigenvalue weighted by Gasteiger charge is -1.98. The Morgan fingerprint density at radius 3 is 2.14 bits per heavy atom. The van der Waals surface area contributed by atoms with Crippen LogP contribution in [0.25, 0.3) is 0 Å². The molecule has 0 aromatic rings. The molecule has 4 nitrogen and oxygen atoms in total. The van der Waals surface area contributed by atoms with E-state index in [1.807, 2.05) is 0 Å². The molecule has 0 N–H and O–H groups in total. The van der Waals surface area contributed by atoms with E-state index in [1.54, 1.807) is 6.92 Å². The van der Waals surface area contributed by atoms with Gasteiger partial charge in [0.15, 0.2) is 0 Å². The maximum absolute atomic E-state index is 10.8. The number of ether oxygens (including phenoxy) is 2. The van der Waals surface area contributed by atoms with E-state index in [-0.39, 0.29) is 10.6 Å². The summed E-state index contributed by atoms with van der Waals surface area (Å²) in [5.74, 6) is 0. The molecular weight excluding hydrogens is 284 g/mol. The van der Waals surface area contributed by atoms with Crippen molar-refractivity contribution in [2.75, 3.05) is 13.7 Å². The van der Waals surface area contributed by atoms with Crippen molar-refractivity contribution < 1.29 is 19.1 Å². The first-order valence-corrected chi connectivity index (χ1v) is 9.45. The lowest BCUT2D eigenvalue weighted by molar-refractivity contribution is 0.182. The Bertz CT molecular complexity index is 187. The fraction of sp³-hybridized carbons (Fsp3) is 0.600. The van der Waals surface area contributed by atoms with Gasteiger partial charge in [0, 0.05) is 21.6 Å². The van der Waals surface area contributed by atoms with Gasteiger partial charge < -0.3 is 9.47 Å². The van der Waals surface area contributed by atoms with E-state index >= 15 is 0 Å². The van der Waals surface area contributed by atoms with Crippen LogP contribution in [-0.4, -0.2) is 24.3 Å². The zero-order chi connectivity index (χ0) is 10.8. The van der Waals surface area contributed by atoms with Crippen LogP contribution in [0.2, 0.25) is 0 Å². The summed E-state index contributed by atoms with van der Waals surface area (Å²) in [6.07, 6.45) is 0. The minimum Gasteiger partial charge on any atom is -0.460 e. The molecule has 0 fully saturated rings. The van der Waals surface area contributed by atoms with Gasteiger partial charge in [-0.3, -0.25) is 0 Å². The van der Waals surface area contributed by atoms with E-state index in [0.29, 0.717) is 6.61 Å². The predicted octanol–water partition coefficient (Wildman–Crippen LogP) is 4.24. The highest BCUT2D eigenvalue weighted by Crippen LogP contribution is 2.49. The summed E-state index contributed by atoms with van der Waals surface area (Å²) in [6.45, 7) is 2.12. The summed E-state index contributed by atoms with van der Waals surface area (Å²) < 4.78 is 9.07. The zero-order valence-electron chi connectivity index (χ0n) is 7.38. The Kier molecular flexibility index (Phi) is 10.7. The number of hydrogen-bond acceptors (Lipinski definition) is 9. The molecular formula is C5H8O4S5. The Morgan fingerprint density at radius 1 is 1.07 bits per heavy atom. The van der Waals surface area contributed by atoms with Gasteiger partial charge in [0.25, 0.3) is 0 Å². The van der Waals surface area contributed by atoms with Crippen molar-refractivity contribution in [1.29, 1.82) is 0 Å². The molecule has 0 saturated carbocycles. The third-order valence-corrected chi connectivity index (χ3v) is 8.28. The smallest absolute Gasteiger partial charge is 0.378 e. The van der Waals surface area contributed by atoms with Crippen molar-refractivity contribution in [2.45, 2.75) is 6.92 Å². The summed E-state index contributed by atoms with van der Waals surface area (Å²) in [5.41, 5.74) is 0. The van der Waals surface area contributed by atoms with Crippen LogP contribution in [0.5, 0.6) is 0 Å². The van der Waals surface area contributed by atoms with E-state index in [2.05, 4.69) is 9.47 Å². The summed E-state index contributed by atoms with van der Waals surface area (Å²) in [4.78, 5) is 21.4. The van der Waals surface area contributed by atoms with Gasteiger partial charge in [0.1, 0.15) is 0 Å². The van der Waals surface area contributed by atoms with Crippen molar-refractivity contribution in [2.24, 2.45) is 0 Å². The molecule has 0 aliphatic rings. The maximum atomic E-state index is 10.8. The van der Waals surface area contributed by atoms with E-state index in [1.165, 1.54) is 36.6 Å². The molecule has 0 atom stereocenters. The molecule has 0 aromatic heterocycles. The van der Waals surface area contributed by atoms with Gasteiger partial charge in [0.05, 0.1) is 13.7 Å². The Hall–Kier alpha value is 0.690. The lowest BCUT2D eigenvalue weighted by atomic mass is 10.9. The maximum Gasteiger partial charge on any atom is 0.378 e. The first-order valence-electron chi connectivity index (χ1n) is 3.30. The molecule has 0 aromatic carbocycles. The van der Waals surface area contributed by atoms with Gasteiger partial charge in [-0.05, 0) is 36.4 Å². The average Bonchev–Trinajstić information content (AvgIpc) is 2.17. The fourth-order valence-electron chi connectivity index (χ4n) is 0.271. The standard InChI is InChI=1S/C5H8O4S5/c1-3-9-5(7)11-13-14-12-10-4(6)8-2/h3H2,1-2H3. The molecule has 0 heterocycles. The monoisotopic (exact) mass is 292 g/mol. The van der Waals surface area contributed by atoms with Crippen molar-refractivity contribution in [3.63, 3.8) is 0 Å². The molecule has 0 radical (unpaired) electrons. The third kappa shape index (κ3) is 9.25. The second kappa shape index (κ2) is 10.2. The second-order valence-corrected chi connectivity index (χ2v) is 8.82. The minimum atomic E-state index is -0.357. The lowest BCUT2D eigenvalue weighted by Crippen LogP contribution is -1.92. The van der Waals surface area contributed by atoms with E-state index in [4.69, 9.17) is 0 Å². The molecule has 0 amide bonds. The fourth-order valence-corrected chi connectivity index (χ4v) is 7.26. The molecule has 0 spiro atoms. The van der Waals surface area contributed by atoms with Crippen LogP contribution in [0.15, 0.2) is 0 Å². The predicted molar refractivity (Wildman–Crippen MR) is 67.4 cm³/mol. The number of carbonyl (C=O) groups excluding carboxylic acids is 2. The molecule has 0 bridgehead atoms. The van der Waals surface area contributed by atoms with Gasteiger partial charge in [-0.1, -0.05) is 0 Å². The first kappa shape index (κ1) is 14.7. The summed E-state index contributed by atoms with van der Waals surface area (Å²) in [5, 5.41) is -0.682. The van der Waals surface area contributed by atoms with Crippen molar-refractivity contribution in [3.8, 4) is 0 Å². The number of carbonyl (C=O) groups is 2. The molecule has 14 heavy (non-hydrogen) atoms. The highest BCUT2D eigenvalue weighted by Gasteiger charge is 2.06. The molecule has 0 aliphatic heterocycles. The van der Waals surface area contributed by atoms with Crippen LogP contribution in [0.3, 0.4) is 0 Å². The Labute approximate surface area is 101 Å². The summed E-state index contributed by atoms with van der Waals surface area (Å²) in [6, 6.07) is 0. The van der Waals surface area contributed by atoms with Crippen LogP contribution in [0, 0.1) is 0 Å². The normalized spacial score (nSPS) is 9.57. The topological polar surface area (TPSA) is 52.6 Å². The molecule has 9 heteroatoms. The Balaban J connectivity index is 3.21. The van der Waals surface area contributed by atoms with E-state index in [9.17, 15) is 9.59 Å². The SMILES string of the molecule is CCOC(=O)SSSSSC(=O)OC. The molecule has 0 unspecified atom stereocenters.